The van der Waals surface area contributed by atoms with Crippen molar-refractivity contribution in [2.75, 3.05) is 24.7 Å². The third-order valence-corrected chi connectivity index (χ3v) is 3.23. The van der Waals surface area contributed by atoms with E-state index in [0.717, 1.165) is 0 Å². The second-order valence-corrected chi connectivity index (χ2v) is 5.39. The van der Waals surface area contributed by atoms with Crippen LogP contribution in [0, 0.1) is 11.3 Å². The van der Waals surface area contributed by atoms with Crippen molar-refractivity contribution in [3.05, 3.63) is 39.6 Å². The van der Waals surface area contributed by atoms with Crippen molar-refractivity contribution < 1.29 is 0 Å². The van der Waals surface area contributed by atoms with Gasteiger partial charge in [-0.15, -0.1) is 0 Å². The van der Waals surface area contributed by atoms with Gasteiger partial charge >= 0.3 is 0 Å². The van der Waals surface area contributed by atoms with Crippen molar-refractivity contribution in [3.63, 3.8) is 0 Å². The summed E-state index contributed by atoms with van der Waals surface area (Å²) in [5, 5.41) is 10.3. The van der Waals surface area contributed by atoms with Crippen molar-refractivity contribution in [1.29, 1.82) is 5.26 Å². The summed E-state index contributed by atoms with van der Waals surface area (Å²) in [5.41, 5.74) is 6.52. The third-order valence-electron chi connectivity index (χ3n) is 2.66. The van der Waals surface area contributed by atoms with Crippen LogP contribution in [0.3, 0.4) is 0 Å². The highest BCUT2D eigenvalue weighted by atomic mass is 35.5. The Morgan fingerprint density at radius 1 is 1.27 bits per heavy atom. The van der Waals surface area contributed by atoms with E-state index in [4.69, 9.17) is 28.9 Å². The fourth-order valence-corrected chi connectivity index (χ4v) is 2.09. The number of halogens is 2. The van der Waals surface area contributed by atoms with Gasteiger partial charge in [-0.05, 0) is 23.8 Å². The molecule has 0 aliphatic rings. The minimum Gasteiger partial charge on any atom is -0.368 e. The normalized spacial score (nSPS) is 11.1. The molecule has 0 saturated heterocycles. The van der Waals surface area contributed by atoms with Gasteiger partial charge in [-0.1, -0.05) is 29.3 Å². The summed E-state index contributed by atoms with van der Waals surface area (Å²) in [7, 11) is 3.54. The number of benzene rings is 1. The molecule has 0 unspecified atom stereocenters. The Bertz CT molecular complexity index is 779. The van der Waals surface area contributed by atoms with Gasteiger partial charge in [-0.2, -0.15) is 20.2 Å². The average Bonchev–Trinajstić information content (AvgIpc) is 2.45. The number of rotatable bonds is 3. The lowest BCUT2D eigenvalue weighted by atomic mass is 10.1. The minimum absolute atomic E-state index is 0.0389. The van der Waals surface area contributed by atoms with Crippen LogP contribution in [0.4, 0.5) is 11.9 Å². The molecule has 0 radical (unpaired) electrons. The van der Waals surface area contributed by atoms with Crippen LogP contribution in [-0.4, -0.2) is 29.0 Å². The Hall–Kier alpha value is -2.36. The van der Waals surface area contributed by atoms with Crippen molar-refractivity contribution in [1.82, 2.24) is 15.0 Å². The van der Waals surface area contributed by atoms with Gasteiger partial charge in [0.1, 0.15) is 6.07 Å². The SMILES string of the molecule is CN(C)c1nc(N)nc(/C(C#N)=C/c2ccc(Cl)cc2Cl)n1. The zero-order chi connectivity index (χ0) is 16.3. The molecule has 0 bridgehead atoms. The molecule has 0 saturated carbocycles. The fraction of sp³-hybridized carbons (Fsp3) is 0.143. The first-order chi connectivity index (χ1) is 10.4. The Kier molecular flexibility index (Phi) is 4.81. The minimum atomic E-state index is 0.0389. The number of aromatic nitrogens is 3. The molecule has 2 rings (SSSR count). The zero-order valence-corrected chi connectivity index (χ0v) is 13.4. The van der Waals surface area contributed by atoms with E-state index in [1.165, 1.54) is 0 Å². The first-order valence-corrected chi connectivity index (χ1v) is 6.92. The fourth-order valence-electron chi connectivity index (χ4n) is 1.62. The maximum absolute atomic E-state index is 9.36. The molecule has 0 fully saturated rings. The molecular formula is C14H12Cl2N6. The van der Waals surface area contributed by atoms with Crippen LogP contribution < -0.4 is 10.6 Å². The molecule has 0 aliphatic carbocycles. The maximum Gasteiger partial charge on any atom is 0.230 e. The summed E-state index contributed by atoms with van der Waals surface area (Å²) in [6.45, 7) is 0. The molecule has 0 spiro atoms. The van der Waals surface area contributed by atoms with Gasteiger partial charge in [0.15, 0.2) is 5.82 Å². The number of hydrogen-bond donors (Lipinski definition) is 1. The van der Waals surface area contributed by atoms with Gasteiger partial charge in [-0.3, -0.25) is 0 Å². The molecule has 0 amide bonds. The van der Waals surface area contributed by atoms with Gasteiger partial charge in [0.2, 0.25) is 11.9 Å². The van der Waals surface area contributed by atoms with E-state index in [2.05, 4.69) is 15.0 Å². The van der Waals surface area contributed by atoms with Crippen LogP contribution in [0.1, 0.15) is 11.4 Å². The molecule has 1 aromatic heterocycles. The highest BCUT2D eigenvalue weighted by Gasteiger charge is 2.11. The Labute approximate surface area is 137 Å². The molecule has 1 heterocycles. The predicted octanol–water partition coefficient (Wildman–Crippen LogP) is 2.89. The summed E-state index contributed by atoms with van der Waals surface area (Å²) >= 11 is 12.0. The van der Waals surface area contributed by atoms with Crippen LogP contribution in [-0.2, 0) is 0 Å². The average molecular weight is 335 g/mol. The van der Waals surface area contributed by atoms with Crippen LogP contribution in [0.25, 0.3) is 11.6 Å². The molecule has 8 heteroatoms. The van der Waals surface area contributed by atoms with Gasteiger partial charge < -0.3 is 10.6 Å². The summed E-state index contributed by atoms with van der Waals surface area (Å²) in [6.07, 6.45) is 1.58. The first kappa shape index (κ1) is 16.0. The van der Waals surface area contributed by atoms with Crippen molar-refractivity contribution in [2.45, 2.75) is 0 Å². The lowest BCUT2D eigenvalue weighted by Gasteiger charge is -2.11. The molecule has 2 N–H and O–H groups in total. The number of nitrogens with zero attached hydrogens (tertiary/aromatic N) is 5. The summed E-state index contributed by atoms with van der Waals surface area (Å²) < 4.78 is 0. The van der Waals surface area contributed by atoms with Crippen LogP contribution in [0.5, 0.6) is 0 Å². The van der Waals surface area contributed by atoms with E-state index >= 15 is 0 Å². The van der Waals surface area contributed by atoms with Crippen LogP contribution in [0.2, 0.25) is 10.0 Å². The topological polar surface area (TPSA) is 91.7 Å². The molecule has 2 aromatic rings. The molecule has 0 atom stereocenters. The van der Waals surface area contributed by atoms with E-state index in [-0.39, 0.29) is 17.3 Å². The van der Waals surface area contributed by atoms with Crippen LogP contribution in [0.15, 0.2) is 18.2 Å². The lowest BCUT2D eigenvalue weighted by Crippen LogP contribution is -2.15. The van der Waals surface area contributed by atoms with Crippen molar-refractivity contribution in [3.8, 4) is 6.07 Å². The molecular weight excluding hydrogens is 323 g/mol. The zero-order valence-electron chi connectivity index (χ0n) is 11.9. The standard InChI is InChI=1S/C14H12Cl2N6/c1-22(2)14-20-12(19-13(18)21-14)9(7-17)5-8-3-4-10(15)6-11(8)16/h3-6H,1-2H3,(H2,18,19,20,21)/b9-5+. The second kappa shape index (κ2) is 6.60. The van der Waals surface area contributed by atoms with Gasteiger partial charge in [0.25, 0.3) is 0 Å². The smallest absolute Gasteiger partial charge is 0.230 e. The largest absolute Gasteiger partial charge is 0.368 e. The van der Waals surface area contributed by atoms with E-state index < -0.39 is 0 Å². The highest BCUT2D eigenvalue weighted by Crippen LogP contribution is 2.25. The Balaban J connectivity index is 2.53. The van der Waals surface area contributed by atoms with Crippen LogP contribution >= 0.6 is 23.2 Å². The number of anilines is 2. The molecule has 22 heavy (non-hydrogen) atoms. The molecule has 0 aliphatic heterocycles. The lowest BCUT2D eigenvalue weighted by molar-refractivity contribution is 0.952. The summed E-state index contributed by atoms with van der Waals surface area (Å²) in [6, 6.07) is 7.03. The number of nitrogen functional groups attached to an aromatic ring is 1. The number of nitrogens with two attached hydrogens (primary N) is 1. The Morgan fingerprint density at radius 3 is 2.59 bits per heavy atom. The van der Waals surface area contributed by atoms with E-state index in [0.29, 0.717) is 21.6 Å². The van der Waals surface area contributed by atoms with Crippen molar-refractivity contribution >= 4 is 46.7 Å². The molecule has 6 nitrogen and oxygen atoms in total. The third kappa shape index (κ3) is 3.64. The van der Waals surface area contributed by atoms with E-state index in [1.807, 2.05) is 6.07 Å². The summed E-state index contributed by atoms with van der Waals surface area (Å²) in [4.78, 5) is 13.9. The second-order valence-electron chi connectivity index (χ2n) is 4.55. The summed E-state index contributed by atoms with van der Waals surface area (Å²) in [5.74, 6) is 0.590. The monoisotopic (exact) mass is 334 g/mol. The molecule has 1 aromatic carbocycles. The predicted molar refractivity (Wildman–Crippen MR) is 88.5 cm³/mol. The first-order valence-electron chi connectivity index (χ1n) is 6.17. The van der Waals surface area contributed by atoms with E-state index in [9.17, 15) is 5.26 Å². The van der Waals surface area contributed by atoms with Gasteiger partial charge in [-0.25, -0.2) is 0 Å². The van der Waals surface area contributed by atoms with Crippen molar-refractivity contribution in [2.24, 2.45) is 0 Å². The maximum atomic E-state index is 9.36. The number of hydrogen-bond acceptors (Lipinski definition) is 6. The van der Waals surface area contributed by atoms with Gasteiger partial charge in [0, 0.05) is 24.1 Å². The molecule has 112 valence electrons. The van der Waals surface area contributed by atoms with E-state index in [1.54, 1.807) is 43.3 Å². The number of nitriles is 1. The number of allylic oxidation sites excluding steroid dienone is 1. The van der Waals surface area contributed by atoms with Gasteiger partial charge in [0.05, 0.1) is 5.57 Å². The Morgan fingerprint density at radius 2 is 2.00 bits per heavy atom. The highest BCUT2D eigenvalue weighted by molar-refractivity contribution is 6.35. The quantitative estimate of drug-likeness (QED) is 0.867.